The van der Waals surface area contributed by atoms with Crippen molar-refractivity contribution in [3.8, 4) is 0 Å². The molecule has 1 aromatic heterocycles. The van der Waals surface area contributed by atoms with Gasteiger partial charge in [-0.2, -0.15) is 0 Å². The van der Waals surface area contributed by atoms with Crippen LogP contribution in [0.15, 0.2) is 28.7 Å². The number of carbonyl (C=O) groups is 2. The lowest BCUT2D eigenvalue weighted by Gasteiger charge is -2.26. The van der Waals surface area contributed by atoms with Crippen LogP contribution in [-0.4, -0.2) is 17.0 Å². The van der Waals surface area contributed by atoms with E-state index in [4.69, 9.17) is 0 Å². The third kappa shape index (κ3) is 2.47. The summed E-state index contributed by atoms with van der Waals surface area (Å²) in [4.78, 5) is 25.4. The van der Waals surface area contributed by atoms with Crippen LogP contribution >= 0.6 is 11.3 Å². The normalized spacial score (nSPS) is 29.6. The first-order chi connectivity index (χ1) is 10.5. The number of fused-ring (bicyclic) bond motifs is 2. The Labute approximate surface area is 134 Å². The second-order valence-corrected chi connectivity index (χ2v) is 7.46. The van der Waals surface area contributed by atoms with Gasteiger partial charge in [-0.1, -0.05) is 17.2 Å². The van der Waals surface area contributed by atoms with E-state index in [1.807, 2.05) is 31.4 Å². The van der Waals surface area contributed by atoms with E-state index < -0.39 is 17.8 Å². The number of aliphatic carboxylic acids is 1. The van der Waals surface area contributed by atoms with Crippen LogP contribution in [0.2, 0.25) is 0 Å². The summed E-state index contributed by atoms with van der Waals surface area (Å²) in [6.45, 7) is 4.55. The Morgan fingerprint density at radius 1 is 1.27 bits per heavy atom. The third-order valence-corrected chi connectivity index (χ3v) is 5.90. The predicted octanol–water partition coefficient (Wildman–Crippen LogP) is 3.06. The highest BCUT2D eigenvalue weighted by Gasteiger charge is 2.57. The molecule has 3 rings (SSSR count). The molecular formula is C17H21NO3S. The predicted molar refractivity (Wildman–Crippen MR) is 85.4 cm³/mol. The molecule has 2 saturated carbocycles. The van der Waals surface area contributed by atoms with Crippen molar-refractivity contribution in [2.75, 3.05) is 0 Å². The topological polar surface area (TPSA) is 66.4 Å². The number of amides is 1. The first-order valence-corrected chi connectivity index (χ1v) is 8.58. The van der Waals surface area contributed by atoms with Gasteiger partial charge in [0.1, 0.15) is 0 Å². The highest BCUT2D eigenvalue weighted by atomic mass is 32.1. The zero-order chi connectivity index (χ0) is 15.9. The molecule has 0 radical (unpaired) electrons. The number of carboxylic acids is 1. The smallest absolute Gasteiger partial charge is 0.307 e. The Morgan fingerprint density at radius 2 is 1.95 bits per heavy atom. The number of hydrogen-bond donors (Lipinski definition) is 2. The van der Waals surface area contributed by atoms with Gasteiger partial charge >= 0.3 is 5.97 Å². The molecule has 118 valence electrons. The number of nitrogens with one attached hydrogen (secondary N) is 1. The molecule has 5 heteroatoms. The van der Waals surface area contributed by atoms with Crippen LogP contribution in [0.5, 0.6) is 0 Å². The molecule has 0 unspecified atom stereocenters. The highest BCUT2D eigenvalue weighted by Crippen LogP contribution is 2.57. The van der Waals surface area contributed by atoms with Gasteiger partial charge in [-0.15, -0.1) is 11.3 Å². The van der Waals surface area contributed by atoms with Gasteiger partial charge in [0.15, 0.2) is 0 Å². The van der Waals surface area contributed by atoms with Crippen molar-refractivity contribution < 1.29 is 14.7 Å². The molecule has 2 aliphatic carbocycles. The van der Waals surface area contributed by atoms with Crippen LogP contribution < -0.4 is 5.32 Å². The molecule has 2 aliphatic rings. The lowest BCUT2D eigenvalue weighted by atomic mass is 9.79. The molecule has 2 fully saturated rings. The summed E-state index contributed by atoms with van der Waals surface area (Å²) in [5.74, 6) is -1.76. The van der Waals surface area contributed by atoms with E-state index in [9.17, 15) is 14.7 Å². The maximum absolute atomic E-state index is 12.6. The van der Waals surface area contributed by atoms with Gasteiger partial charge in [0, 0.05) is 4.88 Å². The van der Waals surface area contributed by atoms with E-state index >= 15 is 0 Å². The van der Waals surface area contributed by atoms with E-state index in [0.717, 1.165) is 17.7 Å². The molecule has 4 nitrogen and oxygen atoms in total. The monoisotopic (exact) mass is 319 g/mol. The van der Waals surface area contributed by atoms with Crippen LogP contribution in [0.1, 0.15) is 31.6 Å². The summed E-state index contributed by atoms with van der Waals surface area (Å²) in [5.41, 5.74) is 2.41. The summed E-state index contributed by atoms with van der Waals surface area (Å²) in [6.07, 6.45) is 1.84. The van der Waals surface area contributed by atoms with Crippen molar-refractivity contribution >= 4 is 23.2 Å². The molecule has 0 aromatic carbocycles. The Kier molecular flexibility index (Phi) is 4.08. The fourth-order valence-electron chi connectivity index (χ4n) is 4.31. The fraction of sp³-hybridized carbons (Fsp3) is 0.529. The number of thiophene rings is 1. The molecule has 2 bridgehead atoms. The third-order valence-electron chi connectivity index (χ3n) is 5.02. The van der Waals surface area contributed by atoms with Crippen molar-refractivity contribution in [2.24, 2.45) is 23.7 Å². The van der Waals surface area contributed by atoms with E-state index in [2.05, 4.69) is 5.32 Å². The van der Waals surface area contributed by atoms with Crippen molar-refractivity contribution in [3.63, 3.8) is 0 Å². The van der Waals surface area contributed by atoms with Crippen LogP contribution in [-0.2, 0) is 16.1 Å². The Bertz CT molecular complexity index is 616. The molecule has 4 atom stereocenters. The molecule has 22 heavy (non-hydrogen) atoms. The van der Waals surface area contributed by atoms with E-state index in [0.29, 0.717) is 6.54 Å². The number of allylic oxidation sites excluding steroid dienone is 2. The second-order valence-electron chi connectivity index (χ2n) is 6.43. The van der Waals surface area contributed by atoms with Crippen molar-refractivity contribution in [1.82, 2.24) is 5.32 Å². The van der Waals surface area contributed by atoms with Gasteiger partial charge in [-0.25, -0.2) is 0 Å². The molecule has 1 amide bonds. The molecular weight excluding hydrogens is 298 g/mol. The number of carbonyl (C=O) groups excluding carboxylic acids is 1. The van der Waals surface area contributed by atoms with Gasteiger partial charge in [0.05, 0.1) is 18.4 Å². The molecule has 0 spiro atoms. The SMILES string of the molecule is CC(C)=C1[C@H]2CC[C@@H]1[C@@H](C(=O)NCc1cccs1)[C@@H]2C(=O)O. The maximum Gasteiger partial charge on any atom is 0.307 e. The summed E-state index contributed by atoms with van der Waals surface area (Å²) in [6, 6.07) is 3.92. The minimum Gasteiger partial charge on any atom is -0.481 e. The Hall–Kier alpha value is -1.62. The first-order valence-electron chi connectivity index (χ1n) is 7.71. The summed E-state index contributed by atoms with van der Waals surface area (Å²) < 4.78 is 0. The van der Waals surface area contributed by atoms with E-state index in [1.165, 1.54) is 11.1 Å². The minimum atomic E-state index is -0.831. The molecule has 1 aromatic rings. The quantitative estimate of drug-likeness (QED) is 0.838. The molecule has 1 heterocycles. The van der Waals surface area contributed by atoms with Crippen LogP contribution in [0, 0.1) is 23.7 Å². The number of carboxylic acid groups (broad SMARTS) is 1. The second kappa shape index (κ2) is 5.88. The van der Waals surface area contributed by atoms with Crippen LogP contribution in [0.25, 0.3) is 0 Å². The van der Waals surface area contributed by atoms with Crippen LogP contribution in [0.4, 0.5) is 0 Å². The van der Waals surface area contributed by atoms with Gasteiger partial charge in [-0.05, 0) is 50.0 Å². The largest absolute Gasteiger partial charge is 0.481 e. The number of hydrogen-bond acceptors (Lipinski definition) is 3. The molecule has 2 N–H and O–H groups in total. The van der Waals surface area contributed by atoms with E-state index in [1.54, 1.807) is 11.3 Å². The van der Waals surface area contributed by atoms with Crippen molar-refractivity contribution in [1.29, 1.82) is 0 Å². The fourth-order valence-corrected chi connectivity index (χ4v) is 4.95. The van der Waals surface area contributed by atoms with Crippen molar-refractivity contribution in [3.05, 3.63) is 33.5 Å². The summed E-state index contributed by atoms with van der Waals surface area (Å²) in [5, 5.41) is 14.5. The van der Waals surface area contributed by atoms with Crippen LogP contribution in [0.3, 0.4) is 0 Å². The highest BCUT2D eigenvalue weighted by molar-refractivity contribution is 7.09. The van der Waals surface area contributed by atoms with Gasteiger partial charge < -0.3 is 10.4 Å². The minimum absolute atomic E-state index is 0.0463. The standard InChI is InChI=1S/C17H21NO3S/c1-9(2)13-11-5-6-12(13)15(17(20)21)14(11)16(19)18-8-10-4-3-7-22-10/h3-4,7,11-12,14-15H,5-6,8H2,1-2H3,(H,18,19)(H,20,21)/t11-,12+,14+,15+/m0/s1. The number of rotatable bonds is 4. The summed E-state index contributed by atoms with van der Waals surface area (Å²) in [7, 11) is 0. The van der Waals surface area contributed by atoms with Gasteiger partial charge in [0.25, 0.3) is 0 Å². The van der Waals surface area contributed by atoms with E-state index in [-0.39, 0.29) is 17.7 Å². The average molecular weight is 319 g/mol. The Balaban J connectivity index is 1.80. The first kappa shape index (κ1) is 15.3. The zero-order valence-corrected chi connectivity index (χ0v) is 13.7. The molecule has 0 aliphatic heterocycles. The summed E-state index contributed by atoms with van der Waals surface area (Å²) >= 11 is 1.59. The lowest BCUT2D eigenvalue weighted by Crippen LogP contribution is -2.40. The van der Waals surface area contributed by atoms with Crippen molar-refractivity contribution in [2.45, 2.75) is 33.2 Å². The maximum atomic E-state index is 12.6. The zero-order valence-electron chi connectivity index (χ0n) is 12.8. The lowest BCUT2D eigenvalue weighted by molar-refractivity contribution is -0.149. The molecule has 0 saturated heterocycles. The average Bonchev–Trinajstić information content (AvgIpc) is 3.17. The van der Waals surface area contributed by atoms with Gasteiger partial charge in [-0.3, -0.25) is 9.59 Å². The Morgan fingerprint density at radius 3 is 2.50 bits per heavy atom. The van der Waals surface area contributed by atoms with Gasteiger partial charge in [0.2, 0.25) is 5.91 Å².